The van der Waals surface area contributed by atoms with E-state index in [9.17, 15) is 0 Å². The summed E-state index contributed by atoms with van der Waals surface area (Å²) < 4.78 is 0. The molecule has 0 bridgehead atoms. The highest BCUT2D eigenvalue weighted by Gasteiger charge is 2.09. The van der Waals surface area contributed by atoms with Crippen molar-refractivity contribution < 1.29 is 0 Å². The first-order chi connectivity index (χ1) is 6.00. The fraction of sp³-hybridized carbons (Fsp3) is 0.333. The van der Waals surface area contributed by atoms with Gasteiger partial charge in [0.15, 0.2) is 0 Å². The molecular formula is C12H16S. The van der Waals surface area contributed by atoms with Gasteiger partial charge in [-0.3, -0.25) is 0 Å². The van der Waals surface area contributed by atoms with Crippen molar-refractivity contribution in [1.29, 1.82) is 0 Å². The molecule has 0 aromatic heterocycles. The fourth-order valence-electron chi connectivity index (χ4n) is 1.57. The van der Waals surface area contributed by atoms with Gasteiger partial charge in [-0.25, -0.2) is 0 Å². The monoisotopic (exact) mass is 192 g/mol. The Morgan fingerprint density at radius 2 is 1.38 bits per heavy atom. The molecular weight excluding hydrogens is 176 g/mol. The highest BCUT2D eigenvalue weighted by atomic mass is 32.1. The summed E-state index contributed by atoms with van der Waals surface area (Å²) in [5.41, 5.74) is 6.42. The molecule has 1 heteroatoms. The lowest BCUT2D eigenvalue weighted by atomic mass is 9.94. The van der Waals surface area contributed by atoms with E-state index in [1.807, 2.05) is 6.08 Å². The molecule has 0 aliphatic heterocycles. The third-order valence-electron chi connectivity index (χ3n) is 2.91. The van der Waals surface area contributed by atoms with Crippen molar-refractivity contribution in [3.05, 3.63) is 34.4 Å². The van der Waals surface area contributed by atoms with E-state index in [4.69, 9.17) is 0 Å². The maximum Gasteiger partial charge on any atom is 0.0147 e. The molecule has 0 spiro atoms. The Morgan fingerprint density at radius 1 is 0.923 bits per heavy atom. The smallest absolute Gasteiger partial charge is 0.0147 e. The second kappa shape index (κ2) is 3.59. The summed E-state index contributed by atoms with van der Waals surface area (Å²) in [6.45, 7) is 12.3. The van der Waals surface area contributed by atoms with E-state index in [2.05, 4.69) is 46.9 Å². The second-order valence-electron chi connectivity index (χ2n) is 3.47. The Bertz CT molecular complexity index is 333. The molecule has 1 rings (SSSR count). The maximum atomic E-state index is 4.51. The molecule has 0 unspecified atom stereocenters. The predicted molar refractivity (Wildman–Crippen MR) is 62.7 cm³/mol. The summed E-state index contributed by atoms with van der Waals surface area (Å²) in [6, 6.07) is 0. The third-order valence-corrected chi connectivity index (χ3v) is 3.48. The van der Waals surface area contributed by atoms with E-state index in [1.165, 1.54) is 27.8 Å². The van der Waals surface area contributed by atoms with Crippen LogP contribution in [0.25, 0.3) is 6.08 Å². The van der Waals surface area contributed by atoms with Gasteiger partial charge in [-0.1, -0.05) is 12.7 Å². The van der Waals surface area contributed by atoms with Crippen LogP contribution in [0.15, 0.2) is 11.5 Å². The van der Waals surface area contributed by atoms with Crippen molar-refractivity contribution >= 4 is 18.7 Å². The van der Waals surface area contributed by atoms with Crippen LogP contribution in [-0.2, 0) is 0 Å². The predicted octanol–water partition coefficient (Wildman–Crippen LogP) is 3.85. The number of hydrogen-bond acceptors (Lipinski definition) is 1. The molecule has 0 aliphatic rings. The van der Waals surface area contributed by atoms with E-state index < -0.39 is 0 Å². The molecule has 0 fully saturated rings. The lowest BCUT2D eigenvalue weighted by Crippen LogP contribution is -1.96. The molecule has 0 nitrogen and oxygen atoms in total. The summed E-state index contributed by atoms with van der Waals surface area (Å²) >= 11 is 4.51. The SMILES string of the molecule is C=Cc1c(C)c(C)c(C)c(C)c1S. The zero-order valence-electron chi connectivity index (χ0n) is 8.73. The van der Waals surface area contributed by atoms with Crippen LogP contribution in [-0.4, -0.2) is 0 Å². The van der Waals surface area contributed by atoms with Crippen molar-refractivity contribution in [1.82, 2.24) is 0 Å². The first kappa shape index (κ1) is 10.4. The summed E-state index contributed by atoms with van der Waals surface area (Å²) in [5, 5.41) is 0. The number of benzene rings is 1. The standard InChI is InChI=1S/C12H16S/c1-6-11-9(4)7(2)8(3)10(5)12(11)13/h6,13H,1H2,2-5H3. The lowest BCUT2D eigenvalue weighted by Gasteiger charge is -2.15. The van der Waals surface area contributed by atoms with Gasteiger partial charge in [0.25, 0.3) is 0 Å². The van der Waals surface area contributed by atoms with Gasteiger partial charge in [-0.2, -0.15) is 0 Å². The summed E-state index contributed by atoms with van der Waals surface area (Å²) in [6.07, 6.45) is 1.89. The van der Waals surface area contributed by atoms with Crippen LogP contribution in [0, 0.1) is 27.7 Å². The van der Waals surface area contributed by atoms with Gasteiger partial charge < -0.3 is 0 Å². The van der Waals surface area contributed by atoms with Crippen LogP contribution in [0.4, 0.5) is 0 Å². The zero-order chi connectivity index (χ0) is 10.2. The van der Waals surface area contributed by atoms with Gasteiger partial charge in [0.05, 0.1) is 0 Å². The minimum Gasteiger partial charge on any atom is -0.143 e. The third kappa shape index (κ3) is 1.53. The molecule has 0 heterocycles. The van der Waals surface area contributed by atoms with E-state index in [-0.39, 0.29) is 0 Å². The highest BCUT2D eigenvalue weighted by Crippen LogP contribution is 2.29. The molecule has 1 aromatic rings. The molecule has 1 aromatic carbocycles. The van der Waals surface area contributed by atoms with Crippen molar-refractivity contribution in [2.45, 2.75) is 32.6 Å². The average Bonchev–Trinajstić information content (AvgIpc) is 2.13. The van der Waals surface area contributed by atoms with Crippen molar-refractivity contribution in [2.24, 2.45) is 0 Å². The topological polar surface area (TPSA) is 0 Å². The van der Waals surface area contributed by atoms with Crippen molar-refractivity contribution in [2.75, 3.05) is 0 Å². The van der Waals surface area contributed by atoms with Crippen molar-refractivity contribution in [3.63, 3.8) is 0 Å². The normalized spacial score (nSPS) is 10.2. The molecule has 0 atom stereocenters. The minimum atomic E-state index is 1.07. The van der Waals surface area contributed by atoms with Crippen LogP contribution < -0.4 is 0 Å². The fourth-order valence-corrected chi connectivity index (χ4v) is 2.00. The molecule has 0 N–H and O–H groups in total. The molecule has 0 aliphatic carbocycles. The van der Waals surface area contributed by atoms with E-state index >= 15 is 0 Å². The molecule has 0 amide bonds. The molecule has 0 saturated carbocycles. The first-order valence-electron chi connectivity index (χ1n) is 4.42. The second-order valence-corrected chi connectivity index (χ2v) is 3.91. The number of rotatable bonds is 1. The Labute approximate surface area is 86.1 Å². The quantitative estimate of drug-likeness (QED) is 0.642. The molecule has 0 saturated heterocycles. The van der Waals surface area contributed by atoms with E-state index in [0.29, 0.717) is 0 Å². The molecule has 70 valence electrons. The molecule has 13 heavy (non-hydrogen) atoms. The lowest BCUT2D eigenvalue weighted by molar-refractivity contribution is 1.14. The van der Waals surface area contributed by atoms with Gasteiger partial charge >= 0.3 is 0 Å². The van der Waals surface area contributed by atoms with Crippen LogP contribution >= 0.6 is 12.6 Å². The Kier molecular flexibility index (Phi) is 2.87. The average molecular weight is 192 g/mol. The van der Waals surface area contributed by atoms with Crippen LogP contribution in [0.3, 0.4) is 0 Å². The summed E-state index contributed by atoms with van der Waals surface area (Å²) in [5.74, 6) is 0. The minimum absolute atomic E-state index is 1.07. The van der Waals surface area contributed by atoms with Crippen LogP contribution in [0.5, 0.6) is 0 Å². The van der Waals surface area contributed by atoms with Gasteiger partial charge in [0, 0.05) is 4.90 Å². The largest absolute Gasteiger partial charge is 0.143 e. The molecule has 0 radical (unpaired) electrons. The Hall–Kier alpha value is -0.690. The summed E-state index contributed by atoms with van der Waals surface area (Å²) in [7, 11) is 0. The Morgan fingerprint density at radius 3 is 1.85 bits per heavy atom. The summed E-state index contributed by atoms with van der Waals surface area (Å²) in [4.78, 5) is 1.07. The van der Waals surface area contributed by atoms with Gasteiger partial charge in [0.2, 0.25) is 0 Å². The Balaban J connectivity index is 3.66. The van der Waals surface area contributed by atoms with E-state index in [0.717, 1.165) is 4.90 Å². The number of hydrogen-bond donors (Lipinski definition) is 1. The van der Waals surface area contributed by atoms with Gasteiger partial charge in [-0.15, -0.1) is 12.6 Å². The number of thiol groups is 1. The maximum absolute atomic E-state index is 4.51. The van der Waals surface area contributed by atoms with E-state index in [1.54, 1.807) is 0 Å². The van der Waals surface area contributed by atoms with Crippen molar-refractivity contribution in [3.8, 4) is 0 Å². The van der Waals surface area contributed by atoms with Gasteiger partial charge in [0.1, 0.15) is 0 Å². The van der Waals surface area contributed by atoms with Crippen LogP contribution in [0.2, 0.25) is 0 Å². The van der Waals surface area contributed by atoms with Crippen LogP contribution in [0.1, 0.15) is 27.8 Å². The van der Waals surface area contributed by atoms with Gasteiger partial charge in [-0.05, 0) is 55.5 Å². The zero-order valence-corrected chi connectivity index (χ0v) is 9.63. The first-order valence-corrected chi connectivity index (χ1v) is 4.87. The highest BCUT2D eigenvalue weighted by molar-refractivity contribution is 7.80.